The van der Waals surface area contributed by atoms with Crippen LogP contribution in [0.15, 0.2) is 6.07 Å². The van der Waals surface area contributed by atoms with Gasteiger partial charge in [-0.25, -0.2) is 8.78 Å². The number of ketones is 1. The lowest BCUT2D eigenvalue weighted by molar-refractivity contribution is -0.141. The van der Waals surface area contributed by atoms with Gasteiger partial charge < -0.3 is 26.0 Å². The predicted molar refractivity (Wildman–Crippen MR) is 136 cm³/mol. The zero-order valence-corrected chi connectivity index (χ0v) is 22.8. The summed E-state index contributed by atoms with van der Waals surface area (Å²) in [5, 5.41) is 10.0. The highest BCUT2D eigenvalue weighted by atomic mass is 19.2. The van der Waals surface area contributed by atoms with Crippen LogP contribution in [0.4, 0.5) is 17.6 Å². The predicted octanol–water partition coefficient (Wildman–Crippen LogP) is 1.79. The van der Waals surface area contributed by atoms with Crippen molar-refractivity contribution in [3.63, 3.8) is 0 Å². The average molecular weight is 587 g/mol. The smallest absolute Gasteiger partial charge is 0.309 e. The zero-order valence-electron chi connectivity index (χ0n) is 22.8. The van der Waals surface area contributed by atoms with Gasteiger partial charge in [-0.2, -0.15) is 8.78 Å². The SMILES string of the molecule is CC(C)C[C@H](NC(=O)C(=O)NC1CCCC1)C(=O)N[C@@H](C[C@@H]1CCNC1=O)C(=O)COc1c(F)c(F)cc(F)c1F. The minimum Gasteiger partial charge on any atom is -0.479 e. The number of hydrogen-bond donors (Lipinski definition) is 4. The number of halogens is 4. The number of carbonyl (C=O) groups is 5. The van der Waals surface area contributed by atoms with E-state index in [1.807, 2.05) is 0 Å². The van der Waals surface area contributed by atoms with Gasteiger partial charge in [-0.15, -0.1) is 0 Å². The monoisotopic (exact) mass is 586 g/mol. The molecule has 3 rings (SSSR count). The maximum Gasteiger partial charge on any atom is 0.309 e. The van der Waals surface area contributed by atoms with Gasteiger partial charge >= 0.3 is 11.8 Å². The van der Waals surface area contributed by atoms with Crippen molar-refractivity contribution in [1.82, 2.24) is 21.3 Å². The molecule has 10 nitrogen and oxygen atoms in total. The normalized spacial score (nSPS) is 18.5. The van der Waals surface area contributed by atoms with Gasteiger partial charge in [0.1, 0.15) is 12.6 Å². The van der Waals surface area contributed by atoms with Crippen molar-refractivity contribution in [2.24, 2.45) is 11.8 Å². The van der Waals surface area contributed by atoms with Gasteiger partial charge in [0.25, 0.3) is 0 Å². The van der Waals surface area contributed by atoms with Crippen LogP contribution in [0, 0.1) is 35.1 Å². The third-order valence-electron chi connectivity index (χ3n) is 7.04. The van der Waals surface area contributed by atoms with E-state index in [0.29, 0.717) is 13.0 Å². The van der Waals surface area contributed by atoms with E-state index in [-0.39, 0.29) is 36.8 Å². The summed E-state index contributed by atoms with van der Waals surface area (Å²) >= 11 is 0. The van der Waals surface area contributed by atoms with Crippen molar-refractivity contribution < 1.29 is 46.3 Å². The van der Waals surface area contributed by atoms with Gasteiger partial charge in [0, 0.05) is 24.6 Å². The van der Waals surface area contributed by atoms with Crippen molar-refractivity contribution in [3.8, 4) is 5.75 Å². The van der Waals surface area contributed by atoms with Crippen LogP contribution < -0.4 is 26.0 Å². The van der Waals surface area contributed by atoms with Gasteiger partial charge in [-0.3, -0.25) is 24.0 Å². The lowest BCUT2D eigenvalue weighted by atomic mass is 9.95. The number of nitrogens with one attached hydrogen (secondary N) is 4. The summed E-state index contributed by atoms with van der Waals surface area (Å²) in [6.45, 7) is 2.77. The number of carbonyl (C=O) groups excluding carboxylic acids is 5. The van der Waals surface area contributed by atoms with Crippen LogP contribution in [0.1, 0.15) is 58.8 Å². The number of ether oxygens (including phenoxy) is 1. The van der Waals surface area contributed by atoms with Gasteiger partial charge in [-0.1, -0.05) is 26.7 Å². The molecule has 0 bridgehead atoms. The van der Waals surface area contributed by atoms with E-state index in [0.717, 1.165) is 25.7 Å². The molecule has 1 saturated heterocycles. The molecule has 2 aliphatic rings. The number of hydrogen-bond acceptors (Lipinski definition) is 6. The summed E-state index contributed by atoms with van der Waals surface area (Å²) in [6, 6.07) is -2.82. The van der Waals surface area contributed by atoms with Crippen molar-refractivity contribution in [3.05, 3.63) is 29.3 Å². The van der Waals surface area contributed by atoms with Crippen molar-refractivity contribution in [2.45, 2.75) is 76.9 Å². The van der Waals surface area contributed by atoms with Gasteiger partial charge in [-0.05, 0) is 38.0 Å². The summed E-state index contributed by atoms with van der Waals surface area (Å²) in [6.07, 6.45) is 3.55. The highest BCUT2D eigenvalue weighted by molar-refractivity contribution is 6.35. The lowest BCUT2D eigenvalue weighted by Crippen LogP contribution is -2.55. The van der Waals surface area contributed by atoms with Crippen molar-refractivity contribution in [1.29, 1.82) is 0 Å². The second-order valence-corrected chi connectivity index (χ2v) is 10.7. The van der Waals surface area contributed by atoms with Gasteiger partial charge in [0.05, 0.1) is 6.04 Å². The maximum absolute atomic E-state index is 14.0. The van der Waals surface area contributed by atoms with E-state index in [9.17, 15) is 41.5 Å². The molecule has 1 heterocycles. The molecule has 0 radical (unpaired) electrons. The highest BCUT2D eigenvalue weighted by Gasteiger charge is 2.34. The molecular formula is C27H34F4N4O6. The summed E-state index contributed by atoms with van der Waals surface area (Å²) in [5.74, 6) is -13.5. The summed E-state index contributed by atoms with van der Waals surface area (Å²) in [4.78, 5) is 63.4. The topological polar surface area (TPSA) is 143 Å². The van der Waals surface area contributed by atoms with E-state index < -0.39 is 77.1 Å². The first kappa shape index (κ1) is 31.8. The number of Topliss-reactive ketones (excluding diaryl/α,β-unsaturated/α-hetero) is 1. The second-order valence-electron chi connectivity index (χ2n) is 10.7. The first-order valence-electron chi connectivity index (χ1n) is 13.5. The Kier molecular flexibility index (Phi) is 11.1. The van der Waals surface area contributed by atoms with Gasteiger partial charge in [0.15, 0.2) is 23.2 Å². The maximum atomic E-state index is 14.0. The lowest BCUT2D eigenvalue weighted by Gasteiger charge is -2.25. The zero-order chi connectivity index (χ0) is 30.3. The van der Waals surface area contributed by atoms with E-state index in [1.165, 1.54) is 0 Å². The molecule has 1 aromatic rings. The third-order valence-corrected chi connectivity index (χ3v) is 7.04. The van der Waals surface area contributed by atoms with Crippen LogP contribution in [0.3, 0.4) is 0 Å². The van der Waals surface area contributed by atoms with Crippen LogP contribution in [0.5, 0.6) is 5.75 Å². The molecule has 1 aliphatic carbocycles. The van der Waals surface area contributed by atoms with Crippen LogP contribution >= 0.6 is 0 Å². The third kappa shape index (κ3) is 8.64. The molecule has 4 amide bonds. The highest BCUT2D eigenvalue weighted by Crippen LogP contribution is 2.27. The Hall–Kier alpha value is -3.71. The molecule has 226 valence electrons. The molecule has 2 fully saturated rings. The Labute approximate surface area is 234 Å². The van der Waals surface area contributed by atoms with E-state index in [1.54, 1.807) is 13.8 Å². The van der Waals surface area contributed by atoms with Crippen LogP contribution in [0.25, 0.3) is 0 Å². The fraction of sp³-hybridized carbons (Fsp3) is 0.593. The first-order valence-corrected chi connectivity index (χ1v) is 13.5. The Morgan fingerprint density at radius 2 is 1.59 bits per heavy atom. The Morgan fingerprint density at radius 1 is 0.951 bits per heavy atom. The fourth-order valence-corrected chi connectivity index (χ4v) is 4.87. The molecule has 0 spiro atoms. The quantitative estimate of drug-likeness (QED) is 0.167. The minimum atomic E-state index is -1.84. The number of benzene rings is 1. The second kappa shape index (κ2) is 14.3. The molecule has 3 atom stereocenters. The molecule has 1 aromatic carbocycles. The van der Waals surface area contributed by atoms with Crippen LogP contribution in [-0.2, 0) is 24.0 Å². The van der Waals surface area contributed by atoms with E-state index in [2.05, 4.69) is 21.3 Å². The van der Waals surface area contributed by atoms with Crippen molar-refractivity contribution >= 4 is 29.4 Å². The average Bonchev–Trinajstić information content (AvgIpc) is 3.57. The Morgan fingerprint density at radius 3 is 2.15 bits per heavy atom. The molecule has 1 saturated carbocycles. The fourth-order valence-electron chi connectivity index (χ4n) is 4.87. The molecule has 4 N–H and O–H groups in total. The minimum absolute atomic E-state index is 0.0156. The Balaban J connectivity index is 1.73. The van der Waals surface area contributed by atoms with E-state index >= 15 is 0 Å². The summed E-state index contributed by atoms with van der Waals surface area (Å²) in [5.41, 5.74) is 0. The Bertz CT molecular complexity index is 1150. The molecular weight excluding hydrogens is 552 g/mol. The molecule has 14 heteroatoms. The summed E-state index contributed by atoms with van der Waals surface area (Å²) < 4.78 is 59.9. The van der Waals surface area contributed by atoms with E-state index in [4.69, 9.17) is 4.74 Å². The summed E-state index contributed by atoms with van der Waals surface area (Å²) in [7, 11) is 0. The number of rotatable bonds is 12. The largest absolute Gasteiger partial charge is 0.479 e. The first-order chi connectivity index (χ1) is 19.4. The molecule has 1 aliphatic heterocycles. The van der Waals surface area contributed by atoms with Crippen LogP contribution in [-0.4, -0.2) is 60.7 Å². The van der Waals surface area contributed by atoms with Gasteiger partial charge in [0.2, 0.25) is 23.4 Å². The molecule has 41 heavy (non-hydrogen) atoms. The van der Waals surface area contributed by atoms with Crippen molar-refractivity contribution in [2.75, 3.05) is 13.2 Å². The standard InChI is InChI=1S/C27H34F4N4O6/c1-13(2)9-19(35-27(40)26(39)33-15-5-3-4-6-15)25(38)34-18(10-14-7-8-32-24(14)37)20(36)12-41-23-21(30)16(28)11-17(29)22(23)31/h11,13-15,18-19H,3-10,12H2,1-2H3,(H,32,37)(H,33,39)(H,34,38)(H,35,40)/t14-,18-,19-/m0/s1. The van der Waals surface area contributed by atoms with Crippen LogP contribution in [0.2, 0.25) is 0 Å². The molecule has 0 aromatic heterocycles. The molecule has 0 unspecified atom stereocenters. The number of amides is 4.